The highest BCUT2D eigenvalue weighted by atomic mass is 19.4. The van der Waals surface area contributed by atoms with E-state index in [1.165, 1.54) is 13.2 Å². The second-order valence-corrected chi connectivity index (χ2v) is 6.40. The van der Waals surface area contributed by atoms with Crippen LogP contribution in [0.5, 0.6) is 0 Å². The van der Waals surface area contributed by atoms with Crippen LogP contribution >= 0.6 is 0 Å². The average molecular weight is 437 g/mol. The Kier molecular flexibility index (Phi) is 10.2. The zero-order valence-electron chi connectivity index (χ0n) is 18.1. The molecule has 2 aromatic rings. The van der Waals surface area contributed by atoms with Crippen LogP contribution in [-0.2, 0) is 27.3 Å². The number of alkyl halides is 3. The molecule has 168 valence electrons. The highest BCUT2D eigenvalue weighted by Gasteiger charge is 2.30. The molecule has 1 amide bonds. The highest BCUT2D eigenvalue weighted by Crippen LogP contribution is 2.29. The average Bonchev–Trinajstić information content (AvgIpc) is 2.74. The molecule has 0 saturated heterocycles. The molecule has 6 nitrogen and oxygen atoms in total. The van der Waals surface area contributed by atoms with Gasteiger partial charge in [0.05, 0.1) is 17.0 Å². The number of carbonyl (C=O) groups is 1. The SMILES string of the molecule is CNC=O.CO/N=C(/C)c1cccc(C)c1CO/N=C(\C)c1cccc(C(F)(F)F)c1. The number of nitrogens with zero attached hydrogens (tertiary/aromatic N) is 2. The van der Waals surface area contributed by atoms with Gasteiger partial charge in [-0.15, -0.1) is 0 Å². The fourth-order valence-electron chi connectivity index (χ4n) is 2.59. The van der Waals surface area contributed by atoms with Crippen molar-refractivity contribution in [2.45, 2.75) is 33.6 Å². The van der Waals surface area contributed by atoms with Gasteiger partial charge in [0.1, 0.15) is 13.7 Å². The second kappa shape index (κ2) is 12.4. The molecule has 9 heteroatoms. The maximum absolute atomic E-state index is 12.8. The number of oxime groups is 2. The largest absolute Gasteiger partial charge is 0.416 e. The lowest BCUT2D eigenvalue weighted by Gasteiger charge is -2.12. The molecular formula is C22H26F3N3O3. The van der Waals surface area contributed by atoms with Crippen LogP contribution in [0.2, 0.25) is 0 Å². The van der Waals surface area contributed by atoms with Crippen molar-refractivity contribution in [3.8, 4) is 0 Å². The Morgan fingerprint density at radius 1 is 1.10 bits per heavy atom. The van der Waals surface area contributed by atoms with Crippen molar-refractivity contribution in [2.75, 3.05) is 14.2 Å². The Morgan fingerprint density at radius 2 is 1.74 bits per heavy atom. The smallest absolute Gasteiger partial charge is 0.399 e. The summed E-state index contributed by atoms with van der Waals surface area (Å²) >= 11 is 0. The minimum atomic E-state index is -4.40. The third-order valence-electron chi connectivity index (χ3n) is 4.16. The van der Waals surface area contributed by atoms with E-state index in [1.807, 2.05) is 32.0 Å². The summed E-state index contributed by atoms with van der Waals surface area (Å²) in [4.78, 5) is 19.3. The van der Waals surface area contributed by atoms with E-state index in [1.54, 1.807) is 20.0 Å². The first kappa shape index (κ1) is 25.7. The van der Waals surface area contributed by atoms with Crippen molar-refractivity contribution in [3.05, 3.63) is 70.3 Å². The molecule has 2 aromatic carbocycles. The minimum absolute atomic E-state index is 0.162. The quantitative estimate of drug-likeness (QED) is 0.388. The van der Waals surface area contributed by atoms with E-state index in [2.05, 4.69) is 15.6 Å². The van der Waals surface area contributed by atoms with Gasteiger partial charge in [0.25, 0.3) is 0 Å². The van der Waals surface area contributed by atoms with E-state index >= 15 is 0 Å². The van der Waals surface area contributed by atoms with Crippen molar-refractivity contribution >= 4 is 17.8 Å². The molecule has 0 aromatic heterocycles. The second-order valence-electron chi connectivity index (χ2n) is 6.40. The number of halogens is 3. The predicted molar refractivity (Wildman–Crippen MR) is 114 cm³/mol. The Morgan fingerprint density at radius 3 is 2.32 bits per heavy atom. The Hall–Kier alpha value is -3.36. The maximum Gasteiger partial charge on any atom is 0.416 e. The van der Waals surface area contributed by atoms with E-state index in [-0.39, 0.29) is 6.61 Å². The van der Waals surface area contributed by atoms with E-state index in [0.29, 0.717) is 23.4 Å². The van der Waals surface area contributed by atoms with Crippen molar-refractivity contribution in [2.24, 2.45) is 10.3 Å². The number of amides is 1. The number of hydrogen-bond donors (Lipinski definition) is 1. The van der Waals surface area contributed by atoms with E-state index in [4.69, 9.17) is 14.5 Å². The topological polar surface area (TPSA) is 72.3 Å². The standard InChI is InChI=1S/C20H21F3N2O2.C2H5NO/c1-13-7-5-10-18(15(3)24-26-4)19(13)12-27-25-14(2)16-8-6-9-17(11-16)20(21,22)23;1-3-2-4/h5-11H,12H2,1-4H3;2H,1H3,(H,3,4)/b24-15-,25-14+;. The van der Waals surface area contributed by atoms with Crippen LogP contribution < -0.4 is 5.32 Å². The van der Waals surface area contributed by atoms with Gasteiger partial charge in [0, 0.05) is 18.2 Å². The van der Waals surface area contributed by atoms with Gasteiger partial charge in [-0.1, -0.05) is 40.6 Å². The Bertz CT molecular complexity index is 926. The zero-order valence-corrected chi connectivity index (χ0v) is 18.1. The Labute approximate surface area is 179 Å². The number of aryl methyl sites for hydroxylation is 1. The highest BCUT2D eigenvalue weighted by molar-refractivity contribution is 6.00. The molecule has 0 atom stereocenters. The number of hydrogen-bond acceptors (Lipinski definition) is 5. The monoisotopic (exact) mass is 437 g/mol. The molecule has 0 aliphatic heterocycles. The van der Waals surface area contributed by atoms with Gasteiger partial charge in [-0.25, -0.2) is 0 Å². The van der Waals surface area contributed by atoms with Crippen molar-refractivity contribution < 1.29 is 27.6 Å². The molecule has 2 rings (SSSR count). The van der Waals surface area contributed by atoms with Gasteiger partial charge in [-0.3, -0.25) is 4.79 Å². The lowest BCUT2D eigenvalue weighted by Crippen LogP contribution is -2.07. The summed E-state index contributed by atoms with van der Waals surface area (Å²) in [5.41, 5.74) is 3.43. The molecule has 1 N–H and O–H groups in total. The van der Waals surface area contributed by atoms with Crippen LogP contribution in [0.3, 0.4) is 0 Å². The molecule has 0 bridgehead atoms. The first-order chi connectivity index (χ1) is 14.6. The third kappa shape index (κ3) is 8.12. The molecule has 0 saturated carbocycles. The Balaban J connectivity index is 0.00000110. The van der Waals surface area contributed by atoms with Crippen molar-refractivity contribution in [1.29, 1.82) is 0 Å². The molecule has 0 radical (unpaired) electrons. The van der Waals surface area contributed by atoms with Crippen molar-refractivity contribution in [1.82, 2.24) is 5.32 Å². The van der Waals surface area contributed by atoms with Crippen LogP contribution in [0.15, 0.2) is 52.8 Å². The minimum Gasteiger partial charge on any atom is -0.399 e. The number of rotatable bonds is 7. The van der Waals surface area contributed by atoms with Crippen LogP contribution in [0.4, 0.5) is 13.2 Å². The fraction of sp³-hybridized carbons (Fsp3) is 0.318. The summed E-state index contributed by atoms with van der Waals surface area (Å²) in [5.74, 6) is 0. The van der Waals surface area contributed by atoms with Gasteiger partial charge in [-0.2, -0.15) is 13.2 Å². The molecule has 0 fully saturated rings. The van der Waals surface area contributed by atoms with Crippen molar-refractivity contribution in [3.63, 3.8) is 0 Å². The lowest BCUT2D eigenvalue weighted by atomic mass is 10.00. The summed E-state index contributed by atoms with van der Waals surface area (Å²) < 4.78 is 38.5. The number of benzene rings is 2. The maximum atomic E-state index is 12.8. The first-order valence-electron chi connectivity index (χ1n) is 9.27. The summed E-state index contributed by atoms with van der Waals surface area (Å²) in [6.45, 7) is 5.52. The summed E-state index contributed by atoms with van der Waals surface area (Å²) in [6, 6.07) is 10.7. The number of nitrogens with one attached hydrogen (secondary N) is 1. The summed E-state index contributed by atoms with van der Waals surface area (Å²) in [7, 11) is 3.03. The molecule has 0 aliphatic rings. The third-order valence-corrected chi connectivity index (χ3v) is 4.16. The summed E-state index contributed by atoms with van der Waals surface area (Å²) in [6.07, 6.45) is -3.77. The lowest BCUT2D eigenvalue weighted by molar-refractivity contribution is -0.137. The predicted octanol–water partition coefficient (Wildman–Crippen LogP) is 4.69. The first-order valence-corrected chi connectivity index (χ1v) is 9.27. The van der Waals surface area contributed by atoms with E-state index in [0.717, 1.165) is 28.8 Å². The molecule has 0 unspecified atom stereocenters. The summed E-state index contributed by atoms with van der Waals surface area (Å²) in [5, 5.41) is 10.2. The number of carbonyl (C=O) groups excluding carboxylic acids is 1. The van der Waals surface area contributed by atoms with Crippen LogP contribution in [0.1, 0.15) is 41.7 Å². The molecule has 0 spiro atoms. The zero-order chi connectivity index (χ0) is 23.4. The van der Waals surface area contributed by atoms with Crippen LogP contribution in [0, 0.1) is 6.92 Å². The van der Waals surface area contributed by atoms with E-state index in [9.17, 15) is 13.2 Å². The molecule has 0 aliphatic carbocycles. The fourth-order valence-corrected chi connectivity index (χ4v) is 2.59. The van der Waals surface area contributed by atoms with Crippen LogP contribution in [-0.4, -0.2) is 32.0 Å². The molecule has 31 heavy (non-hydrogen) atoms. The normalized spacial score (nSPS) is 11.9. The van der Waals surface area contributed by atoms with Gasteiger partial charge in [-0.05, 0) is 44.0 Å². The van der Waals surface area contributed by atoms with E-state index < -0.39 is 11.7 Å². The molecular weight excluding hydrogens is 411 g/mol. The molecule has 0 heterocycles. The van der Waals surface area contributed by atoms with Gasteiger partial charge in [0.2, 0.25) is 6.41 Å². The van der Waals surface area contributed by atoms with Crippen LogP contribution in [0.25, 0.3) is 0 Å². The van der Waals surface area contributed by atoms with Gasteiger partial charge >= 0.3 is 6.18 Å². The van der Waals surface area contributed by atoms with Gasteiger partial charge < -0.3 is 15.0 Å². The van der Waals surface area contributed by atoms with Gasteiger partial charge in [0.15, 0.2) is 0 Å².